The number of phenolic OH excluding ortho intramolecular Hbond substituents is 1. The molecule has 0 radical (unpaired) electrons. The van der Waals surface area contributed by atoms with E-state index in [1.165, 1.54) is 7.11 Å². The molecule has 2 aromatic rings. The Hall–Kier alpha value is -2.33. The van der Waals surface area contributed by atoms with E-state index < -0.39 is 6.04 Å². The second-order valence-corrected chi connectivity index (χ2v) is 4.85. The van der Waals surface area contributed by atoms with Gasteiger partial charge in [0, 0.05) is 0 Å². The average molecular weight is 285 g/mol. The number of rotatable bonds is 5. The van der Waals surface area contributed by atoms with Crippen LogP contribution in [0.25, 0.3) is 0 Å². The third-order valence-corrected chi connectivity index (χ3v) is 3.33. The van der Waals surface area contributed by atoms with Crippen molar-refractivity contribution in [2.75, 3.05) is 7.11 Å². The molecule has 0 saturated heterocycles. The zero-order chi connectivity index (χ0) is 15.2. The van der Waals surface area contributed by atoms with E-state index in [4.69, 9.17) is 4.74 Å². The number of hydrogen-bond acceptors (Lipinski definition) is 4. The fourth-order valence-corrected chi connectivity index (χ4v) is 2.19. The lowest BCUT2D eigenvalue weighted by Gasteiger charge is -2.23. The highest BCUT2D eigenvalue weighted by molar-refractivity contribution is 5.75. The van der Waals surface area contributed by atoms with Gasteiger partial charge in [0.15, 0.2) is 0 Å². The molecule has 0 aliphatic heterocycles. The fraction of sp³-hybridized carbons (Fsp3) is 0.235. The number of esters is 1. The summed E-state index contributed by atoms with van der Waals surface area (Å²) in [5.41, 5.74) is 2.01. The number of phenols is 1. The maximum absolute atomic E-state index is 11.6. The van der Waals surface area contributed by atoms with Gasteiger partial charge in [-0.25, -0.2) is 0 Å². The minimum atomic E-state index is -0.436. The molecule has 21 heavy (non-hydrogen) atoms. The summed E-state index contributed by atoms with van der Waals surface area (Å²) in [5, 5.41) is 12.7. The lowest BCUT2D eigenvalue weighted by atomic mass is 9.98. The Balaban J connectivity index is 2.31. The maximum Gasteiger partial charge on any atom is 0.322 e. The van der Waals surface area contributed by atoms with Crippen LogP contribution in [0.4, 0.5) is 0 Å². The predicted molar refractivity (Wildman–Crippen MR) is 81.0 cm³/mol. The summed E-state index contributed by atoms with van der Waals surface area (Å²) < 4.78 is 4.76. The van der Waals surface area contributed by atoms with Gasteiger partial charge in [-0.1, -0.05) is 42.5 Å². The van der Waals surface area contributed by atoms with Gasteiger partial charge in [0.05, 0.1) is 13.2 Å². The number of carbonyl (C=O) groups is 1. The summed E-state index contributed by atoms with van der Waals surface area (Å²) in [4.78, 5) is 11.6. The number of nitrogens with one attached hydrogen (secondary N) is 1. The molecule has 2 atom stereocenters. The third kappa shape index (κ3) is 3.83. The summed E-state index contributed by atoms with van der Waals surface area (Å²) >= 11 is 0. The van der Waals surface area contributed by atoms with E-state index in [0.29, 0.717) is 0 Å². The van der Waals surface area contributed by atoms with Crippen molar-refractivity contribution >= 4 is 5.97 Å². The average Bonchev–Trinajstić information content (AvgIpc) is 2.53. The zero-order valence-corrected chi connectivity index (χ0v) is 12.1. The Morgan fingerprint density at radius 2 is 1.62 bits per heavy atom. The molecule has 2 N–H and O–H groups in total. The van der Waals surface area contributed by atoms with Crippen molar-refractivity contribution in [3.63, 3.8) is 0 Å². The van der Waals surface area contributed by atoms with Gasteiger partial charge in [0.1, 0.15) is 11.8 Å². The Bertz CT molecular complexity index is 581. The zero-order valence-electron chi connectivity index (χ0n) is 12.1. The van der Waals surface area contributed by atoms with Crippen LogP contribution < -0.4 is 5.32 Å². The second kappa shape index (κ2) is 6.90. The minimum absolute atomic E-state index is 0.152. The van der Waals surface area contributed by atoms with Crippen molar-refractivity contribution in [1.29, 1.82) is 0 Å². The van der Waals surface area contributed by atoms with Gasteiger partial charge in [-0.05, 0) is 30.2 Å². The van der Waals surface area contributed by atoms with Crippen LogP contribution in [-0.2, 0) is 9.53 Å². The first-order valence-corrected chi connectivity index (χ1v) is 6.79. The fourth-order valence-electron chi connectivity index (χ4n) is 2.19. The highest BCUT2D eigenvalue weighted by atomic mass is 16.5. The Morgan fingerprint density at radius 1 is 1.05 bits per heavy atom. The molecule has 4 nitrogen and oxygen atoms in total. The van der Waals surface area contributed by atoms with Crippen LogP contribution in [0.15, 0.2) is 54.6 Å². The molecule has 0 aliphatic carbocycles. The molecule has 0 fully saturated rings. The number of benzene rings is 2. The van der Waals surface area contributed by atoms with Crippen LogP contribution >= 0.6 is 0 Å². The molecule has 0 amide bonds. The van der Waals surface area contributed by atoms with Crippen molar-refractivity contribution in [3.8, 4) is 5.75 Å². The second-order valence-electron chi connectivity index (χ2n) is 4.85. The van der Waals surface area contributed by atoms with E-state index in [2.05, 4.69) is 5.32 Å². The van der Waals surface area contributed by atoms with Crippen LogP contribution in [-0.4, -0.2) is 24.2 Å². The summed E-state index contributed by atoms with van der Waals surface area (Å²) in [7, 11) is 1.37. The molecule has 0 aliphatic rings. The van der Waals surface area contributed by atoms with Crippen molar-refractivity contribution in [3.05, 3.63) is 65.7 Å². The van der Waals surface area contributed by atoms with Crippen LogP contribution in [0.2, 0.25) is 0 Å². The smallest absolute Gasteiger partial charge is 0.322 e. The molecule has 2 aromatic carbocycles. The Kier molecular flexibility index (Phi) is 4.95. The Morgan fingerprint density at radius 3 is 2.19 bits per heavy atom. The van der Waals surface area contributed by atoms with E-state index in [0.717, 1.165) is 11.1 Å². The monoisotopic (exact) mass is 285 g/mol. The lowest BCUT2D eigenvalue weighted by Crippen LogP contribution is -2.38. The first kappa shape index (κ1) is 15.1. The molecule has 1 unspecified atom stereocenters. The molecular weight excluding hydrogens is 266 g/mol. The third-order valence-electron chi connectivity index (χ3n) is 3.33. The van der Waals surface area contributed by atoms with Crippen molar-refractivity contribution in [1.82, 2.24) is 5.32 Å². The molecule has 0 heterocycles. The van der Waals surface area contributed by atoms with Crippen LogP contribution in [0.3, 0.4) is 0 Å². The highest BCUT2D eigenvalue weighted by Gasteiger charge is 2.20. The summed E-state index contributed by atoms with van der Waals surface area (Å²) in [5.74, 6) is -0.0960. The van der Waals surface area contributed by atoms with E-state index in [9.17, 15) is 9.90 Å². The van der Waals surface area contributed by atoms with Crippen LogP contribution in [0.5, 0.6) is 5.75 Å². The van der Waals surface area contributed by atoms with Gasteiger partial charge < -0.3 is 9.84 Å². The molecule has 0 aromatic heterocycles. The summed E-state index contributed by atoms with van der Waals surface area (Å²) in [6, 6.07) is 16.2. The minimum Gasteiger partial charge on any atom is -0.508 e. The molecule has 4 heteroatoms. The molecule has 2 rings (SSSR count). The predicted octanol–water partition coefficient (Wildman–Crippen LogP) is 2.63. The molecule has 110 valence electrons. The van der Waals surface area contributed by atoms with Crippen molar-refractivity contribution in [2.45, 2.75) is 19.0 Å². The first-order chi connectivity index (χ1) is 10.1. The highest BCUT2D eigenvalue weighted by Crippen LogP contribution is 2.24. The van der Waals surface area contributed by atoms with Gasteiger partial charge in [-0.2, -0.15) is 0 Å². The van der Waals surface area contributed by atoms with Crippen LogP contribution in [0.1, 0.15) is 24.1 Å². The SMILES string of the molecule is COC(=O)[C@H](C)NC(c1ccccc1)c1ccc(O)cc1. The summed E-state index contributed by atoms with van der Waals surface area (Å²) in [6.45, 7) is 1.77. The Labute approximate surface area is 124 Å². The van der Waals surface area contributed by atoms with Gasteiger partial charge in [0.2, 0.25) is 0 Å². The van der Waals surface area contributed by atoms with Gasteiger partial charge >= 0.3 is 5.97 Å². The normalized spacial score (nSPS) is 13.4. The van der Waals surface area contributed by atoms with Gasteiger partial charge in [-0.15, -0.1) is 0 Å². The largest absolute Gasteiger partial charge is 0.508 e. The molecule has 0 spiro atoms. The maximum atomic E-state index is 11.6. The van der Waals surface area contributed by atoms with Gasteiger partial charge in [-0.3, -0.25) is 10.1 Å². The summed E-state index contributed by atoms with van der Waals surface area (Å²) in [6.07, 6.45) is 0. The van der Waals surface area contributed by atoms with E-state index in [-0.39, 0.29) is 17.8 Å². The number of hydrogen-bond donors (Lipinski definition) is 2. The van der Waals surface area contributed by atoms with E-state index in [1.807, 2.05) is 42.5 Å². The number of ether oxygens (including phenoxy) is 1. The van der Waals surface area contributed by atoms with Crippen molar-refractivity contribution in [2.24, 2.45) is 0 Å². The number of carbonyl (C=O) groups excluding carboxylic acids is 1. The molecule has 0 bridgehead atoms. The van der Waals surface area contributed by atoms with E-state index >= 15 is 0 Å². The van der Waals surface area contributed by atoms with Crippen molar-refractivity contribution < 1.29 is 14.6 Å². The standard InChI is InChI=1S/C17H19NO3/c1-12(17(20)21-2)18-16(13-6-4-3-5-7-13)14-8-10-15(19)11-9-14/h3-12,16,18-19H,1-2H3/t12-,16?/m0/s1. The van der Waals surface area contributed by atoms with Gasteiger partial charge in [0.25, 0.3) is 0 Å². The quantitative estimate of drug-likeness (QED) is 0.829. The van der Waals surface area contributed by atoms with Crippen LogP contribution in [0, 0.1) is 0 Å². The number of methoxy groups -OCH3 is 1. The topological polar surface area (TPSA) is 58.6 Å². The number of aromatic hydroxyl groups is 1. The lowest BCUT2D eigenvalue weighted by molar-refractivity contribution is -0.142. The first-order valence-electron chi connectivity index (χ1n) is 6.79. The van der Waals surface area contributed by atoms with E-state index in [1.54, 1.807) is 19.1 Å². The molecule has 0 saturated carbocycles. The molecular formula is C17H19NO3.